The third kappa shape index (κ3) is 5.05. The first-order valence-electron chi connectivity index (χ1n) is 12.2. The van der Waals surface area contributed by atoms with Gasteiger partial charge in [0.2, 0.25) is 5.91 Å². The van der Waals surface area contributed by atoms with Gasteiger partial charge < -0.3 is 15.1 Å². The van der Waals surface area contributed by atoms with Gasteiger partial charge in [0, 0.05) is 43.2 Å². The van der Waals surface area contributed by atoms with Crippen LogP contribution in [0, 0.1) is 26.7 Å². The third-order valence-electron chi connectivity index (χ3n) is 6.58. The Bertz CT molecular complexity index is 1130. The van der Waals surface area contributed by atoms with Crippen LogP contribution in [0.2, 0.25) is 0 Å². The molecule has 1 unspecified atom stereocenters. The van der Waals surface area contributed by atoms with Crippen LogP contribution >= 0.6 is 0 Å². The van der Waals surface area contributed by atoms with Crippen LogP contribution in [0.4, 0.5) is 17.2 Å². The first kappa shape index (κ1) is 23.7. The van der Waals surface area contributed by atoms with Crippen LogP contribution in [0.3, 0.4) is 0 Å². The van der Waals surface area contributed by atoms with E-state index in [-0.39, 0.29) is 11.8 Å². The smallest absolute Gasteiger partial charge is 0.229 e. The highest BCUT2D eigenvalue weighted by Crippen LogP contribution is 2.26. The van der Waals surface area contributed by atoms with E-state index in [0.29, 0.717) is 12.4 Å². The number of aromatic nitrogens is 4. The van der Waals surface area contributed by atoms with Crippen molar-refractivity contribution in [3.8, 4) is 5.82 Å². The second kappa shape index (κ2) is 10.2. The number of benzene rings is 1. The van der Waals surface area contributed by atoms with Gasteiger partial charge in [-0.2, -0.15) is 5.10 Å². The van der Waals surface area contributed by atoms with Crippen molar-refractivity contribution in [3.63, 3.8) is 0 Å². The second-order valence-corrected chi connectivity index (χ2v) is 9.03. The standard InChI is InChI=1S/C26H35N7O/c1-6-31(7-2)22-10-11-23(18(3)15-22)27-26(34)21-9-8-14-32(17-21)24-12-13-25(29-28-24)33-20(5)16-19(4)30-33/h10-13,15-16,21H,6-9,14,17H2,1-5H3,(H,27,34). The summed E-state index contributed by atoms with van der Waals surface area (Å²) < 4.78 is 1.80. The van der Waals surface area contributed by atoms with Gasteiger partial charge in [0.15, 0.2) is 11.6 Å². The lowest BCUT2D eigenvalue weighted by Gasteiger charge is -2.32. The van der Waals surface area contributed by atoms with Gasteiger partial charge in [0.1, 0.15) is 0 Å². The number of rotatable bonds is 7. The molecule has 1 aromatic carbocycles. The third-order valence-corrected chi connectivity index (χ3v) is 6.58. The topological polar surface area (TPSA) is 79.2 Å². The molecule has 1 N–H and O–H groups in total. The van der Waals surface area contributed by atoms with E-state index in [4.69, 9.17) is 0 Å². The van der Waals surface area contributed by atoms with Crippen molar-refractivity contribution in [2.24, 2.45) is 5.92 Å². The minimum Gasteiger partial charge on any atom is -0.372 e. The van der Waals surface area contributed by atoms with Gasteiger partial charge in [-0.15, -0.1) is 10.2 Å². The van der Waals surface area contributed by atoms with E-state index >= 15 is 0 Å². The average molecular weight is 462 g/mol. The molecule has 0 bridgehead atoms. The Kier molecular flexibility index (Phi) is 7.14. The normalized spacial score (nSPS) is 15.9. The van der Waals surface area contributed by atoms with Crippen LogP contribution in [0.5, 0.6) is 0 Å². The zero-order chi connectivity index (χ0) is 24.2. The summed E-state index contributed by atoms with van der Waals surface area (Å²) in [4.78, 5) is 17.6. The molecule has 2 aromatic heterocycles. The lowest BCUT2D eigenvalue weighted by molar-refractivity contribution is -0.120. The van der Waals surface area contributed by atoms with E-state index < -0.39 is 0 Å². The van der Waals surface area contributed by atoms with Crippen LogP contribution in [0.25, 0.3) is 5.82 Å². The average Bonchev–Trinajstić information content (AvgIpc) is 3.19. The molecule has 180 valence electrons. The number of hydrogen-bond donors (Lipinski definition) is 1. The molecule has 3 aromatic rings. The molecule has 34 heavy (non-hydrogen) atoms. The molecule has 1 aliphatic heterocycles. The predicted molar refractivity (Wildman–Crippen MR) is 137 cm³/mol. The minimum atomic E-state index is -0.0897. The molecule has 1 fully saturated rings. The lowest BCUT2D eigenvalue weighted by Crippen LogP contribution is -2.41. The predicted octanol–water partition coefficient (Wildman–Crippen LogP) is 4.29. The van der Waals surface area contributed by atoms with Gasteiger partial charge in [0.05, 0.1) is 11.6 Å². The number of piperidine rings is 1. The van der Waals surface area contributed by atoms with Crippen LogP contribution < -0.4 is 15.1 Å². The second-order valence-electron chi connectivity index (χ2n) is 9.03. The monoisotopic (exact) mass is 461 g/mol. The van der Waals surface area contributed by atoms with Gasteiger partial charge in [0.25, 0.3) is 0 Å². The van der Waals surface area contributed by atoms with Crippen molar-refractivity contribution >= 4 is 23.1 Å². The summed E-state index contributed by atoms with van der Waals surface area (Å²) in [5.74, 6) is 1.47. The summed E-state index contributed by atoms with van der Waals surface area (Å²) in [5.41, 5.74) is 5.12. The Hall–Kier alpha value is -3.42. The first-order chi connectivity index (χ1) is 16.4. The van der Waals surface area contributed by atoms with Crippen molar-refractivity contribution in [2.45, 2.75) is 47.5 Å². The molecule has 1 aliphatic rings. The van der Waals surface area contributed by atoms with Crippen molar-refractivity contribution < 1.29 is 4.79 Å². The minimum absolute atomic E-state index is 0.0654. The Labute approximate surface area is 202 Å². The molecule has 0 radical (unpaired) electrons. The molecular formula is C26H35N7O. The molecular weight excluding hydrogens is 426 g/mol. The molecule has 0 aliphatic carbocycles. The zero-order valence-corrected chi connectivity index (χ0v) is 20.9. The van der Waals surface area contributed by atoms with Crippen molar-refractivity contribution in [1.29, 1.82) is 0 Å². The SMILES string of the molecule is CCN(CC)c1ccc(NC(=O)C2CCCN(c3ccc(-n4nc(C)cc4C)nn3)C2)c(C)c1. The summed E-state index contributed by atoms with van der Waals surface area (Å²) in [6.07, 6.45) is 1.81. The lowest BCUT2D eigenvalue weighted by atomic mass is 9.97. The van der Waals surface area contributed by atoms with E-state index in [9.17, 15) is 4.79 Å². The summed E-state index contributed by atoms with van der Waals surface area (Å²) >= 11 is 0. The summed E-state index contributed by atoms with van der Waals surface area (Å²) in [6.45, 7) is 13.8. The highest BCUT2D eigenvalue weighted by molar-refractivity contribution is 5.94. The number of aryl methyl sites for hydroxylation is 3. The highest BCUT2D eigenvalue weighted by atomic mass is 16.1. The maximum absolute atomic E-state index is 13.1. The van der Waals surface area contributed by atoms with Gasteiger partial charge in [-0.25, -0.2) is 4.68 Å². The molecule has 3 heterocycles. The maximum Gasteiger partial charge on any atom is 0.229 e. The number of nitrogens with one attached hydrogen (secondary N) is 1. The Morgan fingerprint density at radius 1 is 1.06 bits per heavy atom. The number of hydrogen-bond acceptors (Lipinski definition) is 6. The molecule has 8 heteroatoms. The molecule has 4 rings (SSSR count). The summed E-state index contributed by atoms with van der Waals surface area (Å²) in [5, 5.41) is 16.5. The van der Waals surface area contributed by atoms with E-state index in [2.05, 4.69) is 63.3 Å². The molecule has 0 saturated carbocycles. The van der Waals surface area contributed by atoms with E-state index in [1.54, 1.807) is 4.68 Å². The highest BCUT2D eigenvalue weighted by Gasteiger charge is 2.27. The molecule has 8 nitrogen and oxygen atoms in total. The van der Waals surface area contributed by atoms with E-state index in [1.807, 2.05) is 38.1 Å². The Morgan fingerprint density at radius 3 is 2.41 bits per heavy atom. The number of nitrogens with zero attached hydrogens (tertiary/aromatic N) is 6. The fraction of sp³-hybridized carbons (Fsp3) is 0.462. The largest absolute Gasteiger partial charge is 0.372 e. The van der Waals surface area contributed by atoms with Crippen molar-refractivity contribution in [3.05, 3.63) is 53.3 Å². The fourth-order valence-electron chi connectivity index (χ4n) is 4.67. The first-order valence-corrected chi connectivity index (χ1v) is 12.2. The van der Waals surface area contributed by atoms with Gasteiger partial charge in [-0.3, -0.25) is 4.79 Å². The molecule has 1 atom stereocenters. The van der Waals surface area contributed by atoms with Gasteiger partial charge in [-0.1, -0.05) is 0 Å². The van der Waals surface area contributed by atoms with Gasteiger partial charge >= 0.3 is 0 Å². The Balaban J connectivity index is 1.41. The number of amides is 1. The Morgan fingerprint density at radius 2 is 1.79 bits per heavy atom. The molecule has 1 amide bonds. The fourth-order valence-corrected chi connectivity index (χ4v) is 4.67. The summed E-state index contributed by atoms with van der Waals surface area (Å²) in [6, 6.07) is 12.2. The zero-order valence-electron chi connectivity index (χ0n) is 20.9. The van der Waals surface area contributed by atoms with Crippen LogP contribution in [0.1, 0.15) is 43.6 Å². The number of anilines is 3. The quantitative estimate of drug-likeness (QED) is 0.566. The van der Waals surface area contributed by atoms with Crippen LogP contribution in [-0.4, -0.2) is 52.1 Å². The van der Waals surface area contributed by atoms with E-state index in [0.717, 1.165) is 60.9 Å². The summed E-state index contributed by atoms with van der Waals surface area (Å²) in [7, 11) is 0. The number of carbonyl (C=O) groups is 1. The van der Waals surface area contributed by atoms with Crippen molar-refractivity contribution in [1.82, 2.24) is 20.0 Å². The number of carbonyl (C=O) groups excluding carboxylic acids is 1. The molecule has 1 saturated heterocycles. The van der Waals surface area contributed by atoms with Gasteiger partial charge in [-0.05, 0) is 89.4 Å². The van der Waals surface area contributed by atoms with Crippen molar-refractivity contribution in [2.75, 3.05) is 41.3 Å². The van der Waals surface area contributed by atoms with Crippen LogP contribution in [-0.2, 0) is 4.79 Å². The maximum atomic E-state index is 13.1. The molecule has 0 spiro atoms. The van der Waals surface area contributed by atoms with Crippen LogP contribution in [0.15, 0.2) is 36.4 Å². The van der Waals surface area contributed by atoms with E-state index in [1.165, 1.54) is 5.69 Å².